The summed E-state index contributed by atoms with van der Waals surface area (Å²) in [5.74, 6) is -2.00. The summed E-state index contributed by atoms with van der Waals surface area (Å²) in [5.41, 5.74) is -0.226. The SMILES string of the molecule is CC12CC[C@@](CCCC(=O)Nc3ccccc3O)(O1)[C@H]1C(=O)N(c3ccc(C#N)c4ccccc34)C(=O)[C@H]12. The third-order valence-corrected chi connectivity index (χ3v) is 8.46. The van der Waals surface area contributed by atoms with E-state index in [1.807, 2.05) is 31.2 Å². The maximum Gasteiger partial charge on any atom is 0.240 e. The highest BCUT2D eigenvalue weighted by atomic mass is 16.5. The van der Waals surface area contributed by atoms with Crippen molar-refractivity contribution >= 4 is 39.9 Å². The number of phenolic OH excluding ortho intramolecular Hbond substituents is 1. The van der Waals surface area contributed by atoms with Crippen molar-refractivity contribution in [2.24, 2.45) is 11.8 Å². The van der Waals surface area contributed by atoms with E-state index in [4.69, 9.17) is 4.74 Å². The van der Waals surface area contributed by atoms with Gasteiger partial charge in [0.15, 0.2) is 0 Å². The number of carbonyl (C=O) groups excluding carboxylic acids is 3. The Balaban J connectivity index is 1.25. The molecular weight excluding hydrogens is 482 g/mol. The second kappa shape index (κ2) is 8.67. The van der Waals surface area contributed by atoms with Crippen LogP contribution in [0.5, 0.6) is 5.75 Å². The van der Waals surface area contributed by atoms with E-state index in [9.17, 15) is 24.8 Å². The first-order valence-electron chi connectivity index (χ1n) is 12.9. The summed E-state index contributed by atoms with van der Waals surface area (Å²) in [4.78, 5) is 41.6. The van der Waals surface area contributed by atoms with Gasteiger partial charge in [-0.1, -0.05) is 36.4 Å². The van der Waals surface area contributed by atoms with E-state index >= 15 is 0 Å². The molecule has 8 heteroatoms. The van der Waals surface area contributed by atoms with Gasteiger partial charge in [-0.05, 0) is 56.9 Å². The molecule has 3 amide bonds. The number of nitrogens with zero attached hydrogens (tertiary/aromatic N) is 2. The summed E-state index contributed by atoms with van der Waals surface area (Å²) in [6.45, 7) is 1.91. The van der Waals surface area contributed by atoms with E-state index in [2.05, 4.69) is 11.4 Å². The van der Waals surface area contributed by atoms with Gasteiger partial charge in [0.2, 0.25) is 17.7 Å². The van der Waals surface area contributed by atoms with E-state index in [-0.39, 0.29) is 29.9 Å². The van der Waals surface area contributed by atoms with Gasteiger partial charge in [0.25, 0.3) is 0 Å². The van der Waals surface area contributed by atoms with Crippen molar-refractivity contribution in [2.75, 3.05) is 10.2 Å². The summed E-state index contributed by atoms with van der Waals surface area (Å²) in [6.07, 6.45) is 2.45. The summed E-state index contributed by atoms with van der Waals surface area (Å²) in [5, 5.41) is 23.5. The van der Waals surface area contributed by atoms with Crippen molar-refractivity contribution < 1.29 is 24.2 Å². The maximum atomic E-state index is 14.0. The Bertz CT molecular complexity index is 1540. The molecule has 1 unspecified atom stereocenters. The zero-order valence-corrected chi connectivity index (χ0v) is 20.9. The fraction of sp³-hybridized carbons (Fsp3) is 0.333. The van der Waals surface area contributed by atoms with Gasteiger partial charge in [-0.25, -0.2) is 4.90 Å². The van der Waals surface area contributed by atoms with Crippen LogP contribution in [-0.4, -0.2) is 34.0 Å². The van der Waals surface area contributed by atoms with Crippen molar-refractivity contribution in [3.05, 3.63) is 66.2 Å². The summed E-state index contributed by atoms with van der Waals surface area (Å²) in [7, 11) is 0. The number of benzene rings is 3. The van der Waals surface area contributed by atoms with Gasteiger partial charge < -0.3 is 15.2 Å². The molecule has 192 valence electrons. The topological polar surface area (TPSA) is 120 Å². The smallest absolute Gasteiger partial charge is 0.240 e. The first-order valence-corrected chi connectivity index (χ1v) is 12.9. The summed E-state index contributed by atoms with van der Waals surface area (Å²) < 4.78 is 6.50. The molecule has 0 saturated carbocycles. The van der Waals surface area contributed by atoms with Gasteiger partial charge in [0.1, 0.15) is 5.75 Å². The summed E-state index contributed by atoms with van der Waals surface area (Å²) in [6, 6.07) is 19.4. The lowest BCUT2D eigenvalue weighted by Crippen LogP contribution is -2.42. The Hall–Kier alpha value is -4.22. The molecule has 2 N–H and O–H groups in total. The number of phenols is 1. The number of hydrogen-bond acceptors (Lipinski definition) is 6. The number of carbonyl (C=O) groups is 3. The number of fused-ring (bicyclic) bond motifs is 6. The molecule has 3 heterocycles. The van der Waals surface area contributed by atoms with Crippen LogP contribution in [-0.2, 0) is 19.1 Å². The van der Waals surface area contributed by atoms with Crippen molar-refractivity contribution in [2.45, 2.75) is 50.2 Å². The minimum Gasteiger partial charge on any atom is -0.506 e. The minimum atomic E-state index is -0.807. The van der Waals surface area contributed by atoms with Crippen LogP contribution in [0.1, 0.15) is 44.6 Å². The molecule has 6 rings (SSSR count). The molecule has 3 aliphatic heterocycles. The minimum absolute atomic E-state index is 0.00143. The molecule has 2 bridgehead atoms. The van der Waals surface area contributed by atoms with E-state index in [1.54, 1.807) is 30.3 Å². The van der Waals surface area contributed by atoms with Crippen molar-refractivity contribution in [3.8, 4) is 11.8 Å². The lowest BCUT2D eigenvalue weighted by Gasteiger charge is -2.31. The van der Waals surface area contributed by atoms with Gasteiger partial charge in [0, 0.05) is 17.2 Å². The second-order valence-corrected chi connectivity index (χ2v) is 10.7. The number of ether oxygens (including phenoxy) is 1. The normalized spacial score (nSPS) is 27.5. The molecule has 0 radical (unpaired) electrons. The second-order valence-electron chi connectivity index (χ2n) is 10.7. The average molecular weight is 510 g/mol. The van der Waals surface area contributed by atoms with Gasteiger partial charge >= 0.3 is 0 Å². The van der Waals surface area contributed by atoms with Crippen molar-refractivity contribution in [3.63, 3.8) is 0 Å². The van der Waals surface area contributed by atoms with E-state index in [0.717, 1.165) is 0 Å². The zero-order chi connectivity index (χ0) is 26.7. The Morgan fingerprint density at radius 1 is 1.05 bits per heavy atom. The molecule has 0 aliphatic carbocycles. The Morgan fingerprint density at radius 3 is 2.53 bits per heavy atom. The van der Waals surface area contributed by atoms with Crippen LogP contribution in [0.4, 0.5) is 11.4 Å². The average Bonchev–Trinajstić information content (AvgIpc) is 3.49. The molecule has 0 spiro atoms. The fourth-order valence-electron chi connectivity index (χ4n) is 6.76. The molecule has 3 aliphatic rings. The Kier molecular flexibility index (Phi) is 5.51. The third-order valence-electron chi connectivity index (χ3n) is 8.46. The molecule has 3 fully saturated rings. The maximum absolute atomic E-state index is 14.0. The molecular formula is C30H27N3O5. The van der Waals surface area contributed by atoms with Gasteiger partial charge in [-0.2, -0.15) is 5.26 Å². The van der Waals surface area contributed by atoms with Crippen LogP contribution in [0.25, 0.3) is 10.8 Å². The van der Waals surface area contributed by atoms with E-state index in [0.29, 0.717) is 53.4 Å². The lowest BCUT2D eigenvalue weighted by atomic mass is 9.67. The Labute approximate surface area is 219 Å². The molecule has 4 atom stereocenters. The van der Waals surface area contributed by atoms with Crippen LogP contribution in [0.15, 0.2) is 60.7 Å². The summed E-state index contributed by atoms with van der Waals surface area (Å²) >= 11 is 0. The molecule has 38 heavy (non-hydrogen) atoms. The monoisotopic (exact) mass is 509 g/mol. The van der Waals surface area contributed by atoms with Crippen LogP contribution in [0.2, 0.25) is 0 Å². The first-order chi connectivity index (χ1) is 18.3. The van der Waals surface area contributed by atoms with Crippen molar-refractivity contribution in [1.29, 1.82) is 5.26 Å². The highest BCUT2D eigenvalue weighted by molar-refractivity contribution is 6.26. The lowest BCUT2D eigenvalue weighted by molar-refractivity contribution is -0.130. The number of amides is 3. The van der Waals surface area contributed by atoms with Crippen molar-refractivity contribution in [1.82, 2.24) is 0 Å². The van der Waals surface area contributed by atoms with E-state index < -0.39 is 23.0 Å². The van der Waals surface area contributed by atoms with Crippen LogP contribution >= 0.6 is 0 Å². The van der Waals surface area contributed by atoms with Crippen LogP contribution in [0, 0.1) is 23.2 Å². The number of anilines is 2. The number of para-hydroxylation sites is 2. The highest BCUT2D eigenvalue weighted by Gasteiger charge is 2.73. The first kappa shape index (κ1) is 24.1. The Morgan fingerprint density at radius 2 is 1.76 bits per heavy atom. The number of nitrogens with one attached hydrogen (secondary N) is 1. The number of nitriles is 1. The van der Waals surface area contributed by atoms with Gasteiger partial charge in [0.05, 0.1) is 46.0 Å². The third kappa shape index (κ3) is 3.50. The standard InChI is InChI=1S/C30H27N3O5/c1-29-15-16-30(38-29,14-6-11-24(35)32-21-9-4-5-10-23(21)34)26-25(29)27(36)33(28(26)37)22-13-12-18(17-31)19-7-2-3-8-20(19)22/h2-5,7-10,12-13,25-26,34H,6,11,14-16H2,1H3,(H,32,35)/t25-,26+,29?,30+/m0/s1. The number of aromatic hydroxyl groups is 1. The van der Waals surface area contributed by atoms with E-state index in [1.165, 1.54) is 11.0 Å². The van der Waals surface area contributed by atoms with Gasteiger partial charge in [-0.15, -0.1) is 0 Å². The molecule has 3 saturated heterocycles. The number of rotatable bonds is 6. The predicted molar refractivity (Wildman–Crippen MR) is 140 cm³/mol. The predicted octanol–water partition coefficient (Wildman–Crippen LogP) is 4.65. The molecule has 3 aromatic rings. The largest absolute Gasteiger partial charge is 0.506 e. The van der Waals surface area contributed by atoms with Gasteiger partial charge in [-0.3, -0.25) is 14.4 Å². The fourth-order valence-corrected chi connectivity index (χ4v) is 6.76. The molecule has 3 aromatic carbocycles. The quantitative estimate of drug-likeness (QED) is 0.369. The number of hydrogen-bond donors (Lipinski definition) is 2. The molecule has 0 aromatic heterocycles. The van der Waals surface area contributed by atoms with Crippen LogP contribution in [0.3, 0.4) is 0 Å². The molecule has 8 nitrogen and oxygen atoms in total. The zero-order valence-electron chi connectivity index (χ0n) is 20.9. The number of imide groups is 1. The highest BCUT2D eigenvalue weighted by Crippen LogP contribution is 2.62. The van der Waals surface area contributed by atoms with Crippen LogP contribution < -0.4 is 10.2 Å².